The standard InChI is InChI=1S/C22H18BrN3O3/c1-24-17-12-26(13-18(27)14-7-4-3-5-8-14)20(15-9-6-10-16(23)11-15)19(17)21(28)25(2)22(24)29/h3-12H,13H2,1-2H3. The zero-order chi connectivity index (χ0) is 20.7. The lowest BCUT2D eigenvalue weighted by Gasteiger charge is -2.10. The number of aromatic nitrogens is 3. The molecule has 0 amide bonds. The van der Waals surface area contributed by atoms with E-state index < -0.39 is 5.69 Å². The van der Waals surface area contributed by atoms with E-state index in [1.54, 1.807) is 29.9 Å². The smallest absolute Gasteiger partial charge is 0.330 e. The minimum absolute atomic E-state index is 0.0535. The molecule has 0 atom stereocenters. The van der Waals surface area contributed by atoms with Gasteiger partial charge in [-0.05, 0) is 12.1 Å². The molecule has 0 bridgehead atoms. The topological polar surface area (TPSA) is 66.0 Å². The number of Topliss-reactive ketones (excluding diaryl/α,β-unsaturated/α-hetero) is 1. The second-order valence-electron chi connectivity index (χ2n) is 6.87. The van der Waals surface area contributed by atoms with Crippen molar-refractivity contribution >= 4 is 32.6 Å². The molecule has 146 valence electrons. The van der Waals surface area contributed by atoms with Crippen molar-refractivity contribution in [1.82, 2.24) is 13.7 Å². The number of benzene rings is 2. The number of halogens is 1. The highest BCUT2D eigenvalue weighted by molar-refractivity contribution is 9.10. The Bertz CT molecular complexity index is 1360. The lowest BCUT2D eigenvalue weighted by atomic mass is 10.1. The lowest BCUT2D eigenvalue weighted by Crippen LogP contribution is -2.36. The van der Waals surface area contributed by atoms with Crippen molar-refractivity contribution < 1.29 is 4.79 Å². The van der Waals surface area contributed by atoms with Gasteiger partial charge in [-0.3, -0.25) is 18.7 Å². The van der Waals surface area contributed by atoms with E-state index in [2.05, 4.69) is 15.9 Å². The number of nitrogens with zero attached hydrogens (tertiary/aromatic N) is 3. The predicted octanol–water partition coefficient (Wildman–Crippen LogP) is 3.35. The number of rotatable bonds is 4. The van der Waals surface area contributed by atoms with Gasteiger partial charge in [0.25, 0.3) is 5.56 Å². The van der Waals surface area contributed by atoms with E-state index in [1.807, 2.05) is 42.5 Å². The third-order valence-electron chi connectivity index (χ3n) is 5.02. The number of hydrogen-bond acceptors (Lipinski definition) is 3. The van der Waals surface area contributed by atoms with Gasteiger partial charge in [-0.2, -0.15) is 0 Å². The fourth-order valence-electron chi connectivity index (χ4n) is 3.53. The van der Waals surface area contributed by atoms with E-state index in [9.17, 15) is 14.4 Å². The number of carbonyl (C=O) groups excluding carboxylic acids is 1. The zero-order valence-electron chi connectivity index (χ0n) is 15.9. The summed E-state index contributed by atoms with van der Waals surface area (Å²) >= 11 is 3.47. The highest BCUT2D eigenvalue weighted by atomic mass is 79.9. The van der Waals surface area contributed by atoms with Crippen molar-refractivity contribution in [3.63, 3.8) is 0 Å². The van der Waals surface area contributed by atoms with E-state index in [0.29, 0.717) is 22.2 Å². The number of carbonyl (C=O) groups is 1. The molecular formula is C22H18BrN3O3. The van der Waals surface area contributed by atoms with E-state index in [-0.39, 0.29) is 17.9 Å². The van der Waals surface area contributed by atoms with Crippen molar-refractivity contribution in [1.29, 1.82) is 0 Å². The zero-order valence-corrected chi connectivity index (χ0v) is 17.5. The molecule has 0 aliphatic rings. The van der Waals surface area contributed by atoms with Crippen LogP contribution >= 0.6 is 15.9 Å². The Balaban J connectivity index is 2.01. The first-order valence-electron chi connectivity index (χ1n) is 9.01. The maximum absolute atomic E-state index is 13.0. The average molecular weight is 452 g/mol. The molecule has 0 saturated carbocycles. The van der Waals surface area contributed by atoms with E-state index >= 15 is 0 Å². The molecule has 0 unspecified atom stereocenters. The largest absolute Gasteiger partial charge is 0.337 e. The lowest BCUT2D eigenvalue weighted by molar-refractivity contribution is 0.0973. The highest BCUT2D eigenvalue weighted by Gasteiger charge is 2.21. The van der Waals surface area contributed by atoms with Crippen molar-refractivity contribution in [2.45, 2.75) is 6.54 Å². The van der Waals surface area contributed by atoms with Gasteiger partial charge >= 0.3 is 5.69 Å². The molecule has 0 saturated heterocycles. The minimum atomic E-state index is -0.408. The molecule has 4 aromatic rings. The molecule has 0 aliphatic carbocycles. The van der Waals surface area contributed by atoms with Crippen molar-refractivity contribution in [2.75, 3.05) is 0 Å². The first-order chi connectivity index (χ1) is 13.9. The molecule has 2 aromatic heterocycles. The molecule has 6 nitrogen and oxygen atoms in total. The summed E-state index contributed by atoms with van der Waals surface area (Å²) in [5.41, 5.74) is 1.69. The quantitative estimate of drug-likeness (QED) is 0.446. The van der Waals surface area contributed by atoms with Gasteiger partial charge in [-0.25, -0.2) is 4.79 Å². The van der Waals surface area contributed by atoms with Gasteiger partial charge in [-0.15, -0.1) is 0 Å². The number of hydrogen-bond donors (Lipinski definition) is 0. The summed E-state index contributed by atoms with van der Waals surface area (Å²) in [5.74, 6) is -0.0797. The predicted molar refractivity (Wildman–Crippen MR) is 116 cm³/mol. The fraction of sp³-hybridized carbons (Fsp3) is 0.136. The molecule has 0 aliphatic heterocycles. The van der Waals surface area contributed by atoms with Crippen LogP contribution in [0.1, 0.15) is 10.4 Å². The number of ketones is 1. The van der Waals surface area contributed by atoms with Gasteiger partial charge in [-0.1, -0.05) is 58.4 Å². The summed E-state index contributed by atoms with van der Waals surface area (Å²) in [6, 6.07) is 16.5. The summed E-state index contributed by atoms with van der Waals surface area (Å²) < 4.78 is 5.13. The van der Waals surface area contributed by atoms with Crippen LogP contribution in [-0.4, -0.2) is 19.5 Å². The van der Waals surface area contributed by atoms with E-state index in [4.69, 9.17) is 0 Å². The van der Waals surface area contributed by atoms with Gasteiger partial charge < -0.3 is 4.57 Å². The van der Waals surface area contributed by atoms with Gasteiger partial charge in [0.2, 0.25) is 0 Å². The van der Waals surface area contributed by atoms with Gasteiger partial charge in [0.1, 0.15) is 0 Å². The Morgan fingerprint density at radius 1 is 0.966 bits per heavy atom. The van der Waals surface area contributed by atoms with Crippen LogP contribution < -0.4 is 11.2 Å². The second-order valence-corrected chi connectivity index (χ2v) is 7.79. The van der Waals surface area contributed by atoms with Crippen molar-refractivity contribution in [3.8, 4) is 11.3 Å². The average Bonchev–Trinajstić information content (AvgIpc) is 3.10. The van der Waals surface area contributed by atoms with Gasteiger partial charge in [0, 0.05) is 35.9 Å². The maximum atomic E-state index is 13.0. The molecule has 2 aromatic carbocycles. The molecule has 0 radical (unpaired) electrons. The van der Waals surface area contributed by atoms with Crippen LogP contribution in [-0.2, 0) is 20.6 Å². The maximum Gasteiger partial charge on any atom is 0.330 e. The molecular weight excluding hydrogens is 434 g/mol. The van der Waals surface area contributed by atoms with Crippen LogP contribution in [0.4, 0.5) is 0 Å². The molecule has 4 rings (SSSR count). The van der Waals surface area contributed by atoms with Crippen molar-refractivity contribution in [3.05, 3.63) is 91.7 Å². The monoisotopic (exact) mass is 451 g/mol. The highest BCUT2D eigenvalue weighted by Crippen LogP contribution is 2.30. The Morgan fingerprint density at radius 3 is 2.38 bits per heavy atom. The summed E-state index contributed by atoms with van der Waals surface area (Å²) in [7, 11) is 3.08. The summed E-state index contributed by atoms with van der Waals surface area (Å²) in [4.78, 5) is 38.3. The third kappa shape index (κ3) is 3.27. The van der Waals surface area contributed by atoms with Crippen LogP contribution in [0.5, 0.6) is 0 Å². The Labute approximate surface area is 174 Å². The fourth-order valence-corrected chi connectivity index (χ4v) is 3.93. The number of fused-ring (bicyclic) bond motifs is 1. The SMILES string of the molecule is Cn1c(=O)c2c(-c3cccc(Br)c3)n(CC(=O)c3ccccc3)cc2n(C)c1=O. The first-order valence-corrected chi connectivity index (χ1v) is 9.81. The van der Waals surface area contributed by atoms with Crippen LogP contribution in [0.15, 0.2) is 74.9 Å². The summed E-state index contributed by atoms with van der Waals surface area (Å²) in [6.45, 7) is 0.0535. The number of aryl methyl sites for hydroxylation is 1. The molecule has 7 heteroatoms. The second kappa shape index (κ2) is 7.33. The molecule has 0 fully saturated rings. The normalized spacial score (nSPS) is 11.1. The Hall–Kier alpha value is -3.19. The van der Waals surface area contributed by atoms with Crippen molar-refractivity contribution in [2.24, 2.45) is 14.1 Å². The first kappa shape index (κ1) is 19.1. The van der Waals surface area contributed by atoms with Crippen LogP contribution in [0.3, 0.4) is 0 Å². The third-order valence-corrected chi connectivity index (χ3v) is 5.51. The minimum Gasteiger partial charge on any atom is -0.337 e. The molecule has 0 N–H and O–H groups in total. The van der Waals surface area contributed by atoms with E-state index in [0.717, 1.165) is 14.6 Å². The Morgan fingerprint density at radius 2 is 1.69 bits per heavy atom. The molecule has 29 heavy (non-hydrogen) atoms. The van der Waals surface area contributed by atoms with Gasteiger partial charge in [0.05, 0.1) is 23.1 Å². The van der Waals surface area contributed by atoms with E-state index in [1.165, 1.54) is 11.6 Å². The summed E-state index contributed by atoms with van der Waals surface area (Å²) in [6.07, 6.45) is 1.70. The Kier molecular flexibility index (Phi) is 4.84. The van der Waals surface area contributed by atoms with Crippen LogP contribution in [0.2, 0.25) is 0 Å². The molecule has 0 spiro atoms. The van der Waals surface area contributed by atoms with Crippen LogP contribution in [0.25, 0.3) is 22.2 Å². The molecule has 2 heterocycles. The van der Waals surface area contributed by atoms with Gasteiger partial charge in [0.15, 0.2) is 5.78 Å². The summed E-state index contributed by atoms with van der Waals surface area (Å²) in [5, 5.41) is 0.411. The van der Waals surface area contributed by atoms with Crippen LogP contribution in [0, 0.1) is 0 Å².